The van der Waals surface area contributed by atoms with Crippen LogP contribution >= 0.6 is 0 Å². The molecule has 0 saturated heterocycles. The molecule has 2 aromatic rings. The number of hydrogen-bond donors (Lipinski definition) is 1. The summed E-state index contributed by atoms with van der Waals surface area (Å²) in [5.74, 6) is 2.05. The molecule has 0 aliphatic heterocycles. The lowest BCUT2D eigenvalue weighted by molar-refractivity contribution is -0.384. The van der Waals surface area contributed by atoms with E-state index in [1.807, 2.05) is 0 Å². The monoisotopic (exact) mass is 286 g/mol. The summed E-state index contributed by atoms with van der Waals surface area (Å²) in [6.45, 7) is 3.14. The Morgan fingerprint density at radius 3 is 2.95 bits per heavy atom. The van der Waals surface area contributed by atoms with Crippen LogP contribution in [-0.4, -0.2) is 21.4 Å². The summed E-state index contributed by atoms with van der Waals surface area (Å²) in [4.78, 5) is 18.9. The Hall–Kier alpha value is -2.24. The van der Waals surface area contributed by atoms with Gasteiger partial charge in [-0.15, -0.1) is 0 Å². The van der Waals surface area contributed by atoms with Crippen molar-refractivity contribution >= 4 is 22.4 Å². The molecule has 1 N–H and O–H groups in total. The van der Waals surface area contributed by atoms with Gasteiger partial charge in [-0.05, 0) is 24.3 Å². The second kappa shape index (κ2) is 5.63. The molecule has 0 spiro atoms. The fourth-order valence-corrected chi connectivity index (χ4v) is 3.05. The van der Waals surface area contributed by atoms with E-state index in [2.05, 4.69) is 22.2 Å². The maximum absolute atomic E-state index is 10.9. The lowest BCUT2D eigenvalue weighted by Gasteiger charge is -2.16. The Balaban J connectivity index is 1.86. The van der Waals surface area contributed by atoms with Gasteiger partial charge in [0.2, 0.25) is 0 Å². The normalized spacial score (nSPS) is 21.6. The van der Waals surface area contributed by atoms with E-state index in [0.717, 1.165) is 18.0 Å². The number of hydrogen-bond acceptors (Lipinski definition) is 5. The molecule has 0 radical (unpaired) electrons. The number of nitrogens with zero attached hydrogens (tertiary/aromatic N) is 3. The van der Waals surface area contributed by atoms with E-state index in [4.69, 9.17) is 0 Å². The lowest BCUT2D eigenvalue weighted by atomic mass is 9.98. The number of nitro groups is 1. The van der Waals surface area contributed by atoms with Crippen LogP contribution in [0.25, 0.3) is 10.9 Å². The molecule has 2 atom stereocenters. The first-order valence-corrected chi connectivity index (χ1v) is 7.28. The van der Waals surface area contributed by atoms with E-state index in [1.54, 1.807) is 6.07 Å². The fourth-order valence-electron chi connectivity index (χ4n) is 3.05. The number of fused-ring (bicyclic) bond motifs is 1. The Morgan fingerprint density at radius 1 is 1.38 bits per heavy atom. The number of nitro benzene ring substituents is 1. The van der Waals surface area contributed by atoms with Gasteiger partial charge in [0.1, 0.15) is 12.1 Å². The molecule has 2 unspecified atom stereocenters. The molecule has 0 bridgehead atoms. The second-order valence-corrected chi connectivity index (χ2v) is 5.73. The number of rotatable bonds is 4. The van der Waals surface area contributed by atoms with Crippen LogP contribution < -0.4 is 5.32 Å². The number of non-ortho nitro benzene ring substituents is 1. The zero-order chi connectivity index (χ0) is 14.8. The Kier molecular flexibility index (Phi) is 3.68. The van der Waals surface area contributed by atoms with E-state index in [0.29, 0.717) is 17.1 Å². The Morgan fingerprint density at radius 2 is 2.24 bits per heavy atom. The molecule has 1 aliphatic rings. The highest BCUT2D eigenvalue weighted by Crippen LogP contribution is 2.32. The van der Waals surface area contributed by atoms with E-state index in [9.17, 15) is 10.1 Å². The summed E-state index contributed by atoms with van der Waals surface area (Å²) >= 11 is 0. The second-order valence-electron chi connectivity index (χ2n) is 5.73. The van der Waals surface area contributed by atoms with Gasteiger partial charge in [0, 0.05) is 24.1 Å². The van der Waals surface area contributed by atoms with Crippen LogP contribution in [0.15, 0.2) is 24.5 Å². The van der Waals surface area contributed by atoms with Crippen molar-refractivity contribution in [2.75, 3.05) is 11.9 Å². The van der Waals surface area contributed by atoms with Crippen LogP contribution in [-0.2, 0) is 0 Å². The quantitative estimate of drug-likeness (QED) is 0.688. The zero-order valence-electron chi connectivity index (χ0n) is 12.0. The van der Waals surface area contributed by atoms with Crippen molar-refractivity contribution in [3.05, 3.63) is 34.6 Å². The molecule has 1 aromatic carbocycles. The van der Waals surface area contributed by atoms with Crippen molar-refractivity contribution in [2.24, 2.45) is 11.8 Å². The molecule has 110 valence electrons. The van der Waals surface area contributed by atoms with Gasteiger partial charge in [-0.3, -0.25) is 10.1 Å². The highest BCUT2D eigenvalue weighted by molar-refractivity contribution is 5.90. The number of nitrogens with one attached hydrogen (secondary N) is 1. The van der Waals surface area contributed by atoms with E-state index in [1.165, 1.54) is 37.7 Å². The van der Waals surface area contributed by atoms with Crippen molar-refractivity contribution in [3.63, 3.8) is 0 Å². The van der Waals surface area contributed by atoms with Gasteiger partial charge in [0.25, 0.3) is 5.69 Å². The molecular weight excluding hydrogens is 268 g/mol. The maximum Gasteiger partial charge on any atom is 0.270 e. The molecule has 1 saturated carbocycles. The summed E-state index contributed by atoms with van der Waals surface area (Å²) in [5, 5.41) is 15.0. The summed E-state index contributed by atoms with van der Waals surface area (Å²) in [6.07, 6.45) is 5.29. The van der Waals surface area contributed by atoms with Gasteiger partial charge in [-0.1, -0.05) is 19.8 Å². The predicted molar refractivity (Wildman–Crippen MR) is 81.2 cm³/mol. The number of benzene rings is 1. The first kappa shape index (κ1) is 13.7. The standard InChI is InChI=1S/C15H18N4O2/c1-10-3-2-4-11(10)8-16-15-13-7-12(19(20)21)5-6-14(13)17-9-18-15/h5-7,9-11H,2-4,8H2,1H3,(H,16,17,18). The van der Waals surface area contributed by atoms with Crippen LogP contribution in [0.5, 0.6) is 0 Å². The van der Waals surface area contributed by atoms with E-state index < -0.39 is 4.92 Å². The molecule has 3 rings (SSSR count). The van der Waals surface area contributed by atoms with E-state index >= 15 is 0 Å². The van der Waals surface area contributed by atoms with Crippen molar-refractivity contribution < 1.29 is 4.92 Å². The van der Waals surface area contributed by atoms with Crippen LogP contribution in [0.3, 0.4) is 0 Å². The highest BCUT2D eigenvalue weighted by atomic mass is 16.6. The minimum Gasteiger partial charge on any atom is -0.369 e. The molecule has 1 heterocycles. The average molecular weight is 286 g/mol. The minimum absolute atomic E-state index is 0.0644. The molecule has 1 fully saturated rings. The number of anilines is 1. The molecule has 0 amide bonds. The SMILES string of the molecule is CC1CCCC1CNc1ncnc2ccc([N+](=O)[O-])cc12. The van der Waals surface area contributed by atoms with Crippen LogP contribution in [0.2, 0.25) is 0 Å². The topological polar surface area (TPSA) is 81.0 Å². The summed E-state index contributed by atoms with van der Waals surface area (Å²) in [6, 6.07) is 4.67. The summed E-state index contributed by atoms with van der Waals surface area (Å²) in [7, 11) is 0. The molecule has 6 heteroatoms. The van der Waals surface area contributed by atoms with Crippen molar-refractivity contribution in [1.82, 2.24) is 9.97 Å². The van der Waals surface area contributed by atoms with Crippen molar-refractivity contribution in [1.29, 1.82) is 0 Å². The molecule has 6 nitrogen and oxygen atoms in total. The van der Waals surface area contributed by atoms with Crippen molar-refractivity contribution in [3.8, 4) is 0 Å². The molecule has 1 aliphatic carbocycles. The first-order valence-electron chi connectivity index (χ1n) is 7.28. The fraction of sp³-hybridized carbons (Fsp3) is 0.467. The van der Waals surface area contributed by atoms with Gasteiger partial charge in [0.05, 0.1) is 10.4 Å². The van der Waals surface area contributed by atoms with Crippen molar-refractivity contribution in [2.45, 2.75) is 26.2 Å². The summed E-state index contributed by atoms with van der Waals surface area (Å²) in [5.41, 5.74) is 0.784. The lowest BCUT2D eigenvalue weighted by Crippen LogP contribution is -2.17. The Bertz CT molecular complexity index is 674. The van der Waals surface area contributed by atoms with Crippen LogP contribution in [0.4, 0.5) is 11.5 Å². The van der Waals surface area contributed by atoms with Gasteiger partial charge in [-0.25, -0.2) is 9.97 Å². The van der Waals surface area contributed by atoms with Gasteiger partial charge < -0.3 is 5.32 Å². The minimum atomic E-state index is -0.394. The maximum atomic E-state index is 10.9. The third kappa shape index (κ3) is 2.79. The van der Waals surface area contributed by atoms with E-state index in [-0.39, 0.29) is 5.69 Å². The largest absolute Gasteiger partial charge is 0.369 e. The predicted octanol–water partition coefficient (Wildman–Crippen LogP) is 3.39. The van der Waals surface area contributed by atoms with Gasteiger partial charge in [-0.2, -0.15) is 0 Å². The first-order chi connectivity index (χ1) is 10.1. The zero-order valence-corrected chi connectivity index (χ0v) is 12.0. The molecule has 1 aromatic heterocycles. The van der Waals surface area contributed by atoms with Gasteiger partial charge >= 0.3 is 0 Å². The van der Waals surface area contributed by atoms with Gasteiger partial charge in [0.15, 0.2) is 0 Å². The van der Waals surface area contributed by atoms with Crippen LogP contribution in [0, 0.1) is 22.0 Å². The Labute approximate surface area is 122 Å². The third-order valence-electron chi connectivity index (χ3n) is 4.40. The average Bonchev–Trinajstić information content (AvgIpc) is 2.89. The molecular formula is C15H18N4O2. The number of aromatic nitrogens is 2. The third-order valence-corrected chi connectivity index (χ3v) is 4.40. The smallest absolute Gasteiger partial charge is 0.270 e. The van der Waals surface area contributed by atoms with Crippen LogP contribution in [0.1, 0.15) is 26.2 Å². The molecule has 21 heavy (non-hydrogen) atoms. The summed E-state index contributed by atoms with van der Waals surface area (Å²) < 4.78 is 0. The highest BCUT2D eigenvalue weighted by Gasteiger charge is 2.23.